The molecule has 0 bridgehead atoms. The number of H-pyrrole nitrogens is 1. The third-order valence-electron chi connectivity index (χ3n) is 5.12. The van der Waals surface area contributed by atoms with Gasteiger partial charge in [0.05, 0.1) is 30.8 Å². The molecule has 5 nitrogen and oxygen atoms in total. The minimum absolute atomic E-state index is 0.0307. The molecule has 1 aromatic heterocycles. The maximum absolute atomic E-state index is 13.1. The van der Waals surface area contributed by atoms with Crippen LogP contribution in [0, 0.1) is 12.8 Å². The van der Waals surface area contributed by atoms with Crippen LogP contribution in [0.2, 0.25) is 0 Å². The summed E-state index contributed by atoms with van der Waals surface area (Å²) in [5.41, 5.74) is 2.97. The number of likely N-dealkylation sites (tertiary alicyclic amines) is 1. The number of benzene rings is 1. The average molecular weight is 343 g/mol. The largest absolute Gasteiger partial charge is 0.462 e. The zero-order valence-electron chi connectivity index (χ0n) is 15.3. The molecule has 134 valence electrons. The van der Waals surface area contributed by atoms with Crippen LogP contribution in [0.4, 0.5) is 0 Å². The molecule has 3 rings (SSSR count). The number of quaternary nitrogens is 1. The van der Waals surface area contributed by atoms with Crippen molar-refractivity contribution >= 4 is 16.9 Å². The molecule has 5 heteroatoms. The lowest BCUT2D eigenvalue weighted by atomic mass is 9.99. The lowest BCUT2D eigenvalue weighted by molar-refractivity contribution is -0.922. The molecule has 2 heterocycles. The second kappa shape index (κ2) is 7.40. The van der Waals surface area contributed by atoms with Gasteiger partial charge in [-0.05, 0) is 44.9 Å². The topological polar surface area (TPSA) is 63.6 Å². The van der Waals surface area contributed by atoms with Crippen molar-refractivity contribution in [2.45, 2.75) is 40.2 Å². The number of aromatic nitrogens is 1. The number of fused-ring (bicyclic) bond motifs is 1. The van der Waals surface area contributed by atoms with Crippen LogP contribution in [0.25, 0.3) is 10.9 Å². The average Bonchev–Trinajstić information content (AvgIpc) is 2.58. The molecule has 0 radical (unpaired) electrons. The summed E-state index contributed by atoms with van der Waals surface area (Å²) >= 11 is 0. The number of hydrogen-bond donors (Lipinski definition) is 2. The number of ether oxygens (including phenoxy) is 1. The van der Waals surface area contributed by atoms with Gasteiger partial charge in [-0.1, -0.05) is 6.92 Å². The van der Waals surface area contributed by atoms with Crippen LogP contribution in [-0.4, -0.2) is 30.6 Å². The molecular formula is C20H27N2O3+. The first-order valence-electron chi connectivity index (χ1n) is 9.15. The Labute approximate surface area is 148 Å². The summed E-state index contributed by atoms with van der Waals surface area (Å²) in [5.74, 6) is 0.320. The van der Waals surface area contributed by atoms with Gasteiger partial charge in [0.1, 0.15) is 6.54 Å². The zero-order chi connectivity index (χ0) is 18.0. The van der Waals surface area contributed by atoms with Gasteiger partial charge in [0.2, 0.25) is 0 Å². The number of piperidine rings is 1. The number of hydrogen-bond acceptors (Lipinski definition) is 3. The molecule has 0 saturated carbocycles. The molecule has 0 aliphatic carbocycles. The molecule has 1 aromatic carbocycles. The maximum atomic E-state index is 13.1. The Bertz CT molecular complexity index is 841. The van der Waals surface area contributed by atoms with E-state index in [4.69, 9.17) is 4.74 Å². The van der Waals surface area contributed by atoms with Gasteiger partial charge >= 0.3 is 5.97 Å². The quantitative estimate of drug-likeness (QED) is 0.833. The van der Waals surface area contributed by atoms with E-state index in [-0.39, 0.29) is 11.4 Å². The zero-order valence-corrected chi connectivity index (χ0v) is 15.3. The fourth-order valence-corrected chi connectivity index (χ4v) is 3.81. The number of carbonyl (C=O) groups excluding carboxylic acids is 1. The standard InChI is InChI=1S/C20H26N2O3/c1-4-25-20(24)15-7-8-18-16(10-15)19(23)17(14(3)21-18)12-22-9-5-6-13(2)11-22/h7-8,10,13H,4-6,9,11-12H2,1-3H3,(H,21,23)/p+1/t13-/m1/s1. The van der Waals surface area contributed by atoms with Crippen molar-refractivity contribution in [2.24, 2.45) is 5.92 Å². The van der Waals surface area contributed by atoms with Gasteiger partial charge in [0.25, 0.3) is 0 Å². The fraction of sp³-hybridized carbons (Fsp3) is 0.500. The fourth-order valence-electron chi connectivity index (χ4n) is 3.81. The van der Waals surface area contributed by atoms with Gasteiger partial charge in [0.15, 0.2) is 5.43 Å². The first kappa shape index (κ1) is 17.7. The first-order valence-corrected chi connectivity index (χ1v) is 9.15. The summed E-state index contributed by atoms with van der Waals surface area (Å²) in [5, 5.41) is 0.565. The monoisotopic (exact) mass is 343 g/mol. The Morgan fingerprint density at radius 1 is 1.40 bits per heavy atom. The van der Waals surface area contributed by atoms with E-state index in [9.17, 15) is 9.59 Å². The van der Waals surface area contributed by atoms with Crippen molar-refractivity contribution in [3.05, 3.63) is 45.2 Å². The number of nitrogens with one attached hydrogen (secondary N) is 2. The molecule has 2 N–H and O–H groups in total. The molecule has 1 saturated heterocycles. The van der Waals surface area contributed by atoms with E-state index in [0.717, 1.165) is 36.4 Å². The Morgan fingerprint density at radius 2 is 2.20 bits per heavy atom. The molecule has 2 aromatic rings. The molecule has 2 atom stereocenters. The van der Waals surface area contributed by atoms with E-state index in [0.29, 0.717) is 23.5 Å². The molecule has 0 amide bonds. The van der Waals surface area contributed by atoms with Gasteiger partial charge < -0.3 is 14.6 Å². The van der Waals surface area contributed by atoms with Crippen molar-refractivity contribution in [2.75, 3.05) is 19.7 Å². The van der Waals surface area contributed by atoms with Crippen LogP contribution < -0.4 is 10.3 Å². The summed E-state index contributed by atoms with van der Waals surface area (Å²) in [6.07, 6.45) is 2.49. The van der Waals surface area contributed by atoms with Gasteiger partial charge in [-0.15, -0.1) is 0 Å². The van der Waals surface area contributed by atoms with Crippen molar-refractivity contribution in [3.63, 3.8) is 0 Å². The molecule has 1 aliphatic heterocycles. The number of rotatable bonds is 4. The summed E-state index contributed by atoms with van der Waals surface area (Å²) in [6.45, 7) is 9.30. The molecule has 0 spiro atoms. The van der Waals surface area contributed by atoms with Crippen LogP contribution in [0.5, 0.6) is 0 Å². The van der Waals surface area contributed by atoms with E-state index in [1.807, 2.05) is 6.92 Å². The Hall–Kier alpha value is -2.14. The predicted octanol–water partition coefficient (Wildman–Crippen LogP) is 1.83. The maximum Gasteiger partial charge on any atom is 0.338 e. The summed E-state index contributed by atoms with van der Waals surface area (Å²) in [6, 6.07) is 5.14. The minimum Gasteiger partial charge on any atom is -0.462 e. The van der Waals surface area contributed by atoms with Crippen LogP contribution in [0.3, 0.4) is 0 Å². The van der Waals surface area contributed by atoms with Crippen LogP contribution in [-0.2, 0) is 11.3 Å². The van der Waals surface area contributed by atoms with E-state index in [2.05, 4.69) is 11.9 Å². The summed E-state index contributed by atoms with van der Waals surface area (Å²) in [7, 11) is 0. The lowest BCUT2D eigenvalue weighted by Crippen LogP contribution is -3.12. The smallest absolute Gasteiger partial charge is 0.338 e. The highest BCUT2D eigenvalue weighted by molar-refractivity contribution is 5.94. The van der Waals surface area contributed by atoms with E-state index >= 15 is 0 Å². The van der Waals surface area contributed by atoms with Crippen molar-refractivity contribution < 1.29 is 14.4 Å². The van der Waals surface area contributed by atoms with Gasteiger partial charge in [-0.25, -0.2) is 4.79 Å². The number of esters is 1. The van der Waals surface area contributed by atoms with Crippen molar-refractivity contribution in [1.82, 2.24) is 4.98 Å². The Kier molecular flexibility index (Phi) is 5.23. The van der Waals surface area contributed by atoms with Crippen molar-refractivity contribution in [1.29, 1.82) is 0 Å². The predicted molar refractivity (Wildman–Crippen MR) is 98.1 cm³/mol. The highest BCUT2D eigenvalue weighted by Crippen LogP contribution is 2.15. The number of carbonyl (C=O) groups is 1. The first-order chi connectivity index (χ1) is 12.0. The van der Waals surface area contributed by atoms with E-state index in [1.54, 1.807) is 25.1 Å². The molecule has 1 aliphatic rings. The van der Waals surface area contributed by atoms with E-state index < -0.39 is 0 Å². The second-order valence-corrected chi connectivity index (χ2v) is 7.17. The summed E-state index contributed by atoms with van der Waals surface area (Å²) in [4.78, 5) is 29.8. The second-order valence-electron chi connectivity index (χ2n) is 7.17. The number of pyridine rings is 1. The number of aromatic amines is 1. The number of aryl methyl sites for hydroxylation is 1. The van der Waals surface area contributed by atoms with E-state index in [1.165, 1.54) is 17.7 Å². The third-order valence-corrected chi connectivity index (χ3v) is 5.12. The highest BCUT2D eigenvalue weighted by atomic mass is 16.5. The van der Waals surface area contributed by atoms with Crippen LogP contribution >= 0.6 is 0 Å². The van der Waals surface area contributed by atoms with Gasteiger partial charge in [0, 0.05) is 22.5 Å². The molecular weight excluding hydrogens is 316 g/mol. The minimum atomic E-state index is -0.388. The molecule has 1 fully saturated rings. The van der Waals surface area contributed by atoms with Gasteiger partial charge in [-0.2, -0.15) is 0 Å². The lowest BCUT2D eigenvalue weighted by Gasteiger charge is -2.28. The third kappa shape index (κ3) is 3.76. The van der Waals surface area contributed by atoms with Crippen LogP contribution in [0.1, 0.15) is 48.3 Å². The Balaban J connectivity index is 1.98. The van der Waals surface area contributed by atoms with Crippen LogP contribution in [0.15, 0.2) is 23.0 Å². The molecule has 25 heavy (non-hydrogen) atoms. The highest BCUT2D eigenvalue weighted by Gasteiger charge is 2.22. The Morgan fingerprint density at radius 3 is 2.92 bits per heavy atom. The normalized spacial score (nSPS) is 20.6. The summed E-state index contributed by atoms with van der Waals surface area (Å²) < 4.78 is 5.05. The SMILES string of the molecule is CCOC(=O)c1ccc2[nH]c(C)c(C[NH+]3CCC[C@@H](C)C3)c(=O)c2c1. The van der Waals surface area contributed by atoms with Crippen molar-refractivity contribution in [3.8, 4) is 0 Å². The molecule has 1 unspecified atom stereocenters. The van der Waals surface area contributed by atoms with Gasteiger partial charge in [-0.3, -0.25) is 4.79 Å².